The fraction of sp³-hybridized carbons (Fsp3) is 0.556. The van der Waals surface area contributed by atoms with E-state index in [0.29, 0.717) is 5.76 Å². The van der Waals surface area contributed by atoms with Gasteiger partial charge in [-0.3, -0.25) is 4.79 Å². The second-order valence-corrected chi connectivity index (χ2v) is 3.59. The molecular weight excluding hydrogens is 184 g/mol. The van der Waals surface area contributed by atoms with Crippen LogP contribution in [0.25, 0.3) is 0 Å². The van der Waals surface area contributed by atoms with Crippen LogP contribution >= 0.6 is 0 Å². The fourth-order valence-electron chi connectivity index (χ4n) is 1.70. The quantitative estimate of drug-likeness (QED) is 0.736. The average molecular weight is 196 g/mol. The molecule has 0 saturated heterocycles. The van der Waals surface area contributed by atoms with Gasteiger partial charge in [0.1, 0.15) is 12.1 Å². The molecule has 1 N–H and O–H groups in total. The first kappa shape index (κ1) is 9.21. The van der Waals surface area contributed by atoms with Crippen LogP contribution in [0, 0.1) is 0 Å². The Hall–Kier alpha value is -1.36. The zero-order valence-corrected chi connectivity index (χ0v) is 7.99. The maximum Gasteiger partial charge on any atom is 0.311 e. The third kappa shape index (κ3) is 1.63. The Bertz CT molecular complexity index is 359. The van der Waals surface area contributed by atoms with Crippen LogP contribution in [0.5, 0.6) is 0 Å². The van der Waals surface area contributed by atoms with Crippen molar-refractivity contribution in [3.8, 4) is 0 Å². The minimum Gasteiger partial charge on any atom is -0.481 e. The number of carbonyl (C=O) groups is 1. The number of fused-ring (bicyclic) bond motifs is 1. The largest absolute Gasteiger partial charge is 0.481 e. The number of carboxylic acids is 1. The van der Waals surface area contributed by atoms with Crippen LogP contribution in [0.2, 0.25) is 0 Å². The molecule has 1 aromatic rings. The Kier molecular flexibility index (Phi) is 2.25. The van der Waals surface area contributed by atoms with E-state index < -0.39 is 5.97 Å². The highest BCUT2D eigenvalue weighted by atomic mass is 16.5. The first-order valence-corrected chi connectivity index (χ1v) is 4.53. The van der Waals surface area contributed by atoms with Gasteiger partial charge in [-0.25, -0.2) is 0 Å². The van der Waals surface area contributed by atoms with Crippen molar-refractivity contribution in [1.82, 2.24) is 10.1 Å². The molecule has 5 nitrogen and oxygen atoms in total. The van der Waals surface area contributed by atoms with Crippen LogP contribution in [0.15, 0.2) is 4.52 Å². The lowest BCUT2D eigenvalue weighted by molar-refractivity contribution is -0.136. The number of carboxylic acid groups (broad SMARTS) is 1. The van der Waals surface area contributed by atoms with Crippen molar-refractivity contribution in [1.29, 1.82) is 0 Å². The molecule has 0 bridgehead atoms. The number of aliphatic carboxylic acids is 1. The van der Waals surface area contributed by atoms with Gasteiger partial charge in [-0.2, -0.15) is 0 Å². The van der Waals surface area contributed by atoms with Gasteiger partial charge in [0.25, 0.3) is 0 Å². The summed E-state index contributed by atoms with van der Waals surface area (Å²) in [6, 6.07) is 0. The van der Waals surface area contributed by atoms with Gasteiger partial charge in [0.2, 0.25) is 0 Å². The maximum absolute atomic E-state index is 10.5. The molecule has 0 radical (unpaired) electrons. The molecule has 14 heavy (non-hydrogen) atoms. The number of hydrogen-bond donors (Lipinski definition) is 1. The van der Waals surface area contributed by atoms with E-state index in [4.69, 9.17) is 9.63 Å². The molecule has 2 heterocycles. The van der Waals surface area contributed by atoms with Crippen molar-refractivity contribution in [2.45, 2.75) is 19.4 Å². The van der Waals surface area contributed by atoms with Crippen LogP contribution < -0.4 is 0 Å². The molecule has 0 aliphatic carbocycles. The van der Waals surface area contributed by atoms with Gasteiger partial charge in [0.15, 0.2) is 5.76 Å². The number of nitrogens with zero attached hydrogens (tertiary/aromatic N) is 2. The first-order valence-electron chi connectivity index (χ1n) is 4.53. The van der Waals surface area contributed by atoms with E-state index in [0.717, 1.165) is 30.8 Å². The van der Waals surface area contributed by atoms with Crippen molar-refractivity contribution in [2.75, 3.05) is 13.6 Å². The second kappa shape index (κ2) is 3.42. The summed E-state index contributed by atoms with van der Waals surface area (Å²) in [6.45, 7) is 1.68. The van der Waals surface area contributed by atoms with Gasteiger partial charge in [-0.1, -0.05) is 5.16 Å². The molecule has 0 spiro atoms. The van der Waals surface area contributed by atoms with E-state index in [2.05, 4.69) is 10.1 Å². The van der Waals surface area contributed by atoms with Crippen LogP contribution in [0.3, 0.4) is 0 Å². The van der Waals surface area contributed by atoms with E-state index >= 15 is 0 Å². The number of aromatic nitrogens is 1. The Balaban J connectivity index is 2.24. The highest BCUT2D eigenvalue weighted by molar-refractivity contribution is 5.69. The monoisotopic (exact) mass is 196 g/mol. The lowest BCUT2D eigenvalue weighted by atomic mass is 10.0. The Morgan fingerprint density at radius 1 is 1.71 bits per heavy atom. The Morgan fingerprint density at radius 3 is 3.21 bits per heavy atom. The number of hydrogen-bond acceptors (Lipinski definition) is 4. The molecule has 0 aromatic carbocycles. The maximum atomic E-state index is 10.5. The molecule has 1 aromatic heterocycles. The molecule has 2 rings (SSSR count). The van der Waals surface area contributed by atoms with Gasteiger partial charge in [-0.05, 0) is 13.5 Å². The van der Waals surface area contributed by atoms with Gasteiger partial charge in [-0.15, -0.1) is 0 Å². The minimum atomic E-state index is -0.872. The van der Waals surface area contributed by atoms with Crippen molar-refractivity contribution in [2.24, 2.45) is 0 Å². The summed E-state index contributed by atoms with van der Waals surface area (Å²) in [5, 5.41) is 12.5. The Morgan fingerprint density at radius 2 is 2.50 bits per heavy atom. The zero-order valence-electron chi connectivity index (χ0n) is 7.99. The lowest BCUT2D eigenvalue weighted by Gasteiger charge is -2.20. The molecule has 0 amide bonds. The van der Waals surface area contributed by atoms with E-state index in [1.807, 2.05) is 7.05 Å². The summed E-state index contributed by atoms with van der Waals surface area (Å²) in [5.74, 6) is -0.358. The van der Waals surface area contributed by atoms with Gasteiger partial charge >= 0.3 is 5.97 Å². The normalized spacial score (nSPS) is 16.6. The molecule has 0 atom stereocenters. The van der Waals surface area contributed by atoms with E-state index in [1.54, 1.807) is 0 Å². The minimum absolute atomic E-state index is 0.0634. The summed E-state index contributed by atoms with van der Waals surface area (Å²) in [4.78, 5) is 12.7. The SMILES string of the molecule is CN1CCc2c(noc2CC(=O)O)C1. The smallest absolute Gasteiger partial charge is 0.311 e. The third-order valence-electron chi connectivity index (χ3n) is 2.43. The van der Waals surface area contributed by atoms with Gasteiger partial charge in [0.05, 0.1) is 0 Å². The van der Waals surface area contributed by atoms with Gasteiger partial charge < -0.3 is 14.5 Å². The third-order valence-corrected chi connectivity index (χ3v) is 2.43. The predicted molar refractivity (Wildman–Crippen MR) is 47.9 cm³/mol. The standard InChI is InChI=1S/C9H12N2O3/c1-11-3-2-6-7(5-11)10-14-8(6)4-9(12)13/h2-5H2,1H3,(H,12,13). The van der Waals surface area contributed by atoms with E-state index in [1.165, 1.54) is 0 Å². The van der Waals surface area contributed by atoms with E-state index in [9.17, 15) is 4.79 Å². The summed E-state index contributed by atoms with van der Waals surface area (Å²) in [7, 11) is 2.01. The number of rotatable bonds is 2. The predicted octanol–water partition coefficient (Wildman–Crippen LogP) is 0.290. The van der Waals surface area contributed by atoms with E-state index in [-0.39, 0.29) is 6.42 Å². The topological polar surface area (TPSA) is 66.6 Å². The van der Waals surface area contributed by atoms with Crippen LogP contribution in [-0.4, -0.2) is 34.7 Å². The molecule has 0 saturated carbocycles. The molecule has 0 fully saturated rings. The van der Waals surface area contributed by atoms with Crippen LogP contribution in [0.1, 0.15) is 17.0 Å². The highest BCUT2D eigenvalue weighted by Crippen LogP contribution is 2.21. The van der Waals surface area contributed by atoms with Crippen molar-refractivity contribution < 1.29 is 14.4 Å². The molecule has 76 valence electrons. The summed E-state index contributed by atoms with van der Waals surface area (Å²) < 4.78 is 5.02. The van der Waals surface area contributed by atoms with Crippen LogP contribution in [-0.2, 0) is 24.2 Å². The van der Waals surface area contributed by atoms with Crippen molar-refractivity contribution in [3.63, 3.8) is 0 Å². The number of likely N-dealkylation sites (N-methyl/N-ethyl adjacent to an activating group) is 1. The van der Waals surface area contributed by atoms with Crippen molar-refractivity contribution >= 4 is 5.97 Å². The molecule has 1 aliphatic rings. The van der Waals surface area contributed by atoms with Crippen molar-refractivity contribution in [3.05, 3.63) is 17.0 Å². The van der Waals surface area contributed by atoms with Gasteiger partial charge in [0, 0.05) is 18.7 Å². The molecule has 5 heteroatoms. The molecular formula is C9H12N2O3. The van der Waals surface area contributed by atoms with Crippen LogP contribution in [0.4, 0.5) is 0 Å². The lowest BCUT2D eigenvalue weighted by Crippen LogP contribution is -2.26. The molecule has 1 aliphatic heterocycles. The second-order valence-electron chi connectivity index (χ2n) is 3.59. The summed E-state index contributed by atoms with van der Waals surface area (Å²) in [5.41, 5.74) is 1.88. The average Bonchev–Trinajstić information content (AvgIpc) is 2.47. The summed E-state index contributed by atoms with van der Waals surface area (Å²) in [6.07, 6.45) is 0.768. The fourth-order valence-corrected chi connectivity index (χ4v) is 1.70. The zero-order chi connectivity index (χ0) is 10.1. The Labute approximate surface area is 81.3 Å². The first-order chi connectivity index (χ1) is 6.66. The molecule has 0 unspecified atom stereocenters. The summed E-state index contributed by atoms with van der Waals surface area (Å²) >= 11 is 0. The highest BCUT2D eigenvalue weighted by Gasteiger charge is 2.22.